The van der Waals surface area contributed by atoms with E-state index in [1.807, 2.05) is 4.90 Å². The van der Waals surface area contributed by atoms with Crippen molar-refractivity contribution in [2.75, 3.05) is 32.9 Å². The highest BCUT2D eigenvalue weighted by Gasteiger charge is 2.45. The third-order valence-corrected chi connectivity index (χ3v) is 9.82. The first-order valence-electron chi connectivity index (χ1n) is 18.0. The Labute approximate surface area is 280 Å². The number of carbonyl (C=O) groups is 3. The van der Waals surface area contributed by atoms with Gasteiger partial charge >= 0.3 is 0 Å². The number of carbonyl (C=O) groups excluding carboxylic acids is 3. The molecule has 3 rings (SSSR count). The Morgan fingerprint density at radius 2 is 1.68 bits per heavy atom. The van der Waals surface area contributed by atoms with E-state index < -0.39 is 49.3 Å². The molecule has 3 amide bonds. The Hall–Kier alpha value is -1.87. The summed E-state index contributed by atoms with van der Waals surface area (Å²) in [6.07, 6.45) is 7.83. The zero-order valence-electron chi connectivity index (χ0n) is 28.5. The normalized spacial score (nSPS) is 31.4. The van der Waals surface area contributed by atoms with Gasteiger partial charge in [-0.15, -0.1) is 0 Å². The van der Waals surface area contributed by atoms with Gasteiger partial charge < -0.3 is 50.2 Å². The number of aliphatic hydroxyl groups excluding tert-OH is 4. The molecule has 2 aliphatic heterocycles. The van der Waals surface area contributed by atoms with Gasteiger partial charge in [0.25, 0.3) is 0 Å². The van der Waals surface area contributed by atoms with E-state index in [0.29, 0.717) is 51.8 Å². The summed E-state index contributed by atoms with van der Waals surface area (Å²) in [6, 6.07) is -1.03. The molecule has 13 nitrogen and oxygen atoms in total. The van der Waals surface area contributed by atoms with E-state index in [1.54, 1.807) is 0 Å². The van der Waals surface area contributed by atoms with Crippen molar-refractivity contribution in [2.45, 2.75) is 159 Å². The number of aliphatic hydroxyl groups is 4. The maximum Gasteiger partial charge on any atom is 0.222 e. The van der Waals surface area contributed by atoms with Crippen molar-refractivity contribution >= 4 is 17.7 Å². The summed E-state index contributed by atoms with van der Waals surface area (Å²) >= 11 is 0. The van der Waals surface area contributed by atoms with Crippen molar-refractivity contribution in [3.8, 4) is 0 Å². The lowest BCUT2D eigenvalue weighted by Crippen LogP contribution is -2.64. The summed E-state index contributed by atoms with van der Waals surface area (Å²) in [7, 11) is 0. The molecule has 2 saturated heterocycles. The van der Waals surface area contributed by atoms with Gasteiger partial charge in [0.1, 0.15) is 24.4 Å². The number of hydrogen-bond acceptors (Lipinski definition) is 10. The van der Waals surface area contributed by atoms with Gasteiger partial charge in [0, 0.05) is 39.5 Å². The van der Waals surface area contributed by atoms with Crippen LogP contribution in [-0.2, 0) is 28.6 Å². The van der Waals surface area contributed by atoms with Crippen LogP contribution in [0.15, 0.2) is 0 Å². The lowest BCUT2D eigenvalue weighted by Gasteiger charge is -2.42. The van der Waals surface area contributed by atoms with Gasteiger partial charge in [0.2, 0.25) is 17.7 Å². The van der Waals surface area contributed by atoms with E-state index in [1.165, 1.54) is 32.6 Å². The molecule has 47 heavy (non-hydrogen) atoms. The lowest BCUT2D eigenvalue weighted by atomic mass is 9.97. The second-order valence-corrected chi connectivity index (χ2v) is 13.6. The van der Waals surface area contributed by atoms with Gasteiger partial charge in [0.15, 0.2) is 6.29 Å². The van der Waals surface area contributed by atoms with E-state index in [4.69, 9.17) is 14.2 Å². The maximum absolute atomic E-state index is 13.0. The number of amides is 3. The predicted molar refractivity (Wildman–Crippen MR) is 174 cm³/mol. The first kappa shape index (κ1) is 39.6. The zero-order chi connectivity index (χ0) is 34.2. The van der Waals surface area contributed by atoms with Gasteiger partial charge in [-0.25, -0.2) is 0 Å². The third-order valence-electron chi connectivity index (χ3n) is 9.82. The van der Waals surface area contributed by atoms with Gasteiger partial charge in [-0.1, -0.05) is 39.0 Å². The molecular weight excluding hydrogens is 610 g/mol. The predicted octanol–water partition coefficient (Wildman–Crippen LogP) is 1.52. The van der Waals surface area contributed by atoms with Crippen molar-refractivity contribution in [3.63, 3.8) is 0 Å². The van der Waals surface area contributed by atoms with Crippen molar-refractivity contribution in [1.29, 1.82) is 0 Å². The fraction of sp³-hybridized carbons (Fsp3) is 0.912. The molecule has 0 spiro atoms. The molecule has 1 saturated carbocycles. The first-order valence-corrected chi connectivity index (χ1v) is 18.0. The molecule has 3 aliphatic rings. The Morgan fingerprint density at radius 3 is 2.43 bits per heavy atom. The number of rotatable bonds is 19. The van der Waals surface area contributed by atoms with E-state index >= 15 is 0 Å². The van der Waals surface area contributed by atoms with Crippen LogP contribution >= 0.6 is 0 Å². The van der Waals surface area contributed by atoms with Crippen molar-refractivity contribution in [2.24, 2.45) is 5.92 Å². The summed E-state index contributed by atoms with van der Waals surface area (Å²) in [5, 5.41) is 45.5. The second kappa shape index (κ2) is 21.3. The number of likely N-dealkylation sites (tertiary alicyclic amines) is 1. The minimum Gasteiger partial charge on any atom is -0.394 e. The first-order chi connectivity index (χ1) is 22.6. The minimum atomic E-state index is -1.36. The maximum atomic E-state index is 13.0. The summed E-state index contributed by atoms with van der Waals surface area (Å²) < 4.78 is 17.5. The van der Waals surface area contributed by atoms with E-state index in [-0.39, 0.29) is 30.6 Å². The number of β-amino-alcohol motifs (C(OH)–C–C–N with tert-alkyl or cyclic N) is 1. The zero-order valence-corrected chi connectivity index (χ0v) is 28.5. The fourth-order valence-electron chi connectivity index (χ4n) is 6.94. The topological polar surface area (TPSA) is 187 Å². The second-order valence-electron chi connectivity index (χ2n) is 13.6. The Morgan fingerprint density at radius 1 is 0.915 bits per heavy atom. The highest BCUT2D eigenvalue weighted by molar-refractivity contribution is 5.77. The van der Waals surface area contributed by atoms with E-state index in [0.717, 1.165) is 44.4 Å². The monoisotopic (exact) mass is 671 g/mol. The summed E-state index contributed by atoms with van der Waals surface area (Å²) in [6.45, 7) is 4.73. The van der Waals surface area contributed by atoms with Crippen LogP contribution in [0, 0.1) is 5.92 Å². The van der Waals surface area contributed by atoms with Gasteiger partial charge in [-0.3, -0.25) is 14.4 Å². The lowest BCUT2D eigenvalue weighted by molar-refractivity contribution is -0.270. The highest BCUT2D eigenvalue weighted by Crippen LogP contribution is 2.28. The van der Waals surface area contributed by atoms with E-state index in [9.17, 15) is 34.8 Å². The molecule has 7 unspecified atom stereocenters. The molecular formula is C34H61N3O10. The summed E-state index contributed by atoms with van der Waals surface area (Å²) in [4.78, 5) is 38.5. The Balaban J connectivity index is 1.21. The van der Waals surface area contributed by atoms with Crippen LogP contribution < -0.4 is 10.6 Å². The highest BCUT2D eigenvalue weighted by atomic mass is 16.7. The van der Waals surface area contributed by atoms with Gasteiger partial charge in [-0.05, 0) is 57.3 Å². The van der Waals surface area contributed by atoms with Gasteiger partial charge in [-0.2, -0.15) is 0 Å². The molecule has 0 aromatic rings. The molecule has 272 valence electrons. The quantitative estimate of drug-likeness (QED) is 0.0869. The SMILES string of the molecule is CCC1CCCC(OC[C@@H]2C[C@@H](O)CN2C(=O)CCCCCNC(=O)CCCCCOC2OC(CO)C(O)C(O)C2NC(C)=O)CC1. The summed E-state index contributed by atoms with van der Waals surface area (Å²) in [5.41, 5.74) is 0. The molecule has 0 bridgehead atoms. The number of ether oxygens (including phenoxy) is 3. The minimum absolute atomic E-state index is 0.0287. The smallest absolute Gasteiger partial charge is 0.222 e. The average Bonchev–Trinajstić information content (AvgIpc) is 3.27. The molecule has 0 radical (unpaired) electrons. The molecule has 2 heterocycles. The molecule has 6 N–H and O–H groups in total. The number of hydrogen-bond donors (Lipinski definition) is 6. The van der Waals surface area contributed by atoms with Crippen LogP contribution in [0.1, 0.15) is 110 Å². The fourth-order valence-corrected chi connectivity index (χ4v) is 6.94. The molecule has 9 atom stereocenters. The van der Waals surface area contributed by atoms with Crippen molar-refractivity contribution in [1.82, 2.24) is 15.5 Å². The van der Waals surface area contributed by atoms with Crippen LogP contribution in [0.25, 0.3) is 0 Å². The standard InChI is InChI=1S/C34H61N3O10/c1-3-24-11-10-12-27(16-15-24)46-22-25-19-26(40)20-37(25)30(42)14-7-4-8-17-35-29(41)13-6-5-9-18-45-34-31(36-23(2)39)33(44)32(43)28(21-38)47-34/h24-28,31-34,38,40,43-44H,3-22H2,1-2H3,(H,35,41)(H,36,39)/t24?,25-,26+,27?,28?,31?,32?,33?,34?/m0/s1. The summed E-state index contributed by atoms with van der Waals surface area (Å²) in [5.74, 6) is 0.428. The molecule has 0 aromatic heterocycles. The van der Waals surface area contributed by atoms with Crippen molar-refractivity contribution < 1.29 is 49.0 Å². The Kier molecular flexibility index (Phi) is 17.9. The molecule has 0 aromatic carbocycles. The van der Waals surface area contributed by atoms with Crippen LogP contribution in [0.2, 0.25) is 0 Å². The molecule has 3 fully saturated rings. The van der Waals surface area contributed by atoms with Crippen LogP contribution in [-0.4, -0.2) is 125 Å². The number of nitrogens with one attached hydrogen (secondary N) is 2. The molecule has 1 aliphatic carbocycles. The average molecular weight is 672 g/mol. The largest absolute Gasteiger partial charge is 0.394 e. The van der Waals surface area contributed by atoms with Crippen molar-refractivity contribution in [3.05, 3.63) is 0 Å². The van der Waals surface area contributed by atoms with Crippen LogP contribution in [0.5, 0.6) is 0 Å². The Bertz CT molecular complexity index is 942. The number of unbranched alkanes of at least 4 members (excludes halogenated alkanes) is 4. The van der Waals surface area contributed by atoms with Gasteiger partial charge in [0.05, 0.1) is 31.5 Å². The van der Waals surface area contributed by atoms with Crippen LogP contribution in [0.4, 0.5) is 0 Å². The molecule has 13 heteroatoms. The van der Waals surface area contributed by atoms with E-state index in [2.05, 4.69) is 17.6 Å². The number of nitrogens with zero attached hydrogens (tertiary/aromatic N) is 1. The third kappa shape index (κ3) is 13.5. The van der Waals surface area contributed by atoms with Crippen LogP contribution in [0.3, 0.4) is 0 Å².